The van der Waals surface area contributed by atoms with Crippen LogP contribution in [0, 0.1) is 0 Å². The lowest BCUT2D eigenvalue weighted by molar-refractivity contribution is 0.0815. The lowest BCUT2D eigenvalue weighted by Gasteiger charge is -2.37. The maximum atomic E-state index is 12.1. The fraction of sp³-hybridized carbons (Fsp3) is 0.0233. The Bertz CT molecular complexity index is 7090. The molecule has 13 aromatic carbocycles. The van der Waals surface area contributed by atoms with Crippen LogP contribution in [-0.2, 0) is 0 Å². The van der Waals surface area contributed by atoms with Crippen molar-refractivity contribution in [1.29, 1.82) is 0 Å². The van der Waals surface area contributed by atoms with Crippen LogP contribution in [0.25, 0.3) is 184 Å². The molecule has 0 fully saturated rings. The standard InChI is InChI=1S/C42H20Br2N2O2S.C28H18N2O2S.C14H6Br2O2.CHCl3.CH4.B4.H16P14/c43-21-15-17-23-24-18-16-22(44)20-32(24)36-35(31(23)19-21)45-37-38(46-36)42(30-12-6-10-28-26-8-2-4-14-34(26)48-40(28)30)49-41(37)29-11-5-9-27-25-7-1-3-13-33(25)47-39(27)29;29-23-24(30)28(20-12-6-10-18-16-8-2-4-14-22(16)32-26(18)20)33-27(23)19-11-5-9-17-15-7-1-3-13-21(15)31-25(17)19;15-7-1-3-9-10-4-2-8(16)6-12(10)14(18)13(17)11(9)5-7;2-1(3)4;;1-4(2)3;1-9(2)13(10(3)4)14(11(5)6)12(7)8/h1-20H;1-14H,29-30H2;1-6H;1H;1H4;;1-8H2. The Morgan fingerprint density at radius 1 is 0.325 bits per heavy atom. The van der Waals surface area contributed by atoms with Gasteiger partial charge in [-0.05, 0) is 161 Å². The smallest absolute Gasteiger partial charge is 0.234 e. The zero-order valence-electron chi connectivity index (χ0n) is 63.2. The average Bonchev–Trinajstić information content (AvgIpc) is 1.62. The van der Waals surface area contributed by atoms with Gasteiger partial charge in [0.2, 0.25) is 11.6 Å². The summed E-state index contributed by atoms with van der Waals surface area (Å²) in [7, 11) is 38.4. The molecular formula is C86H65B4Br4Cl3N4O6P14S2. The zero-order valence-corrected chi connectivity index (χ0v) is 88.1. The zero-order chi connectivity index (χ0) is 86.0. The van der Waals surface area contributed by atoms with Gasteiger partial charge in [-0.15, -0.1) is 94.1 Å². The van der Waals surface area contributed by atoms with Gasteiger partial charge >= 0.3 is 0 Å². The molecule has 0 bridgehead atoms. The normalized spacial score (nSPS) is 12.0. The number of aromatic nitrogens is 2. The van der Waals surface area contributed by atoms with Gasteiger partial charge in [0.05, 0.1) is 41.9 Å². The number of nitrogens with two attached hydrogens (primary N) is 2. The number of hydrogen-bond donors (Lipinski definition) is 2. The van der Waals surface area contributed by atoms with Crippen molar-refractivity contribution in [2.75, 3.05) is 11.5 Å². The third kappa shape index (κ3) is 19.4. The first-order chi connectivity index (χ1) is 58.6. The first kappa shape index (κ1) is 94.2. The summed E-state index contributed by atoms with van der Waals surface area (Å²) in [5.74, 6) is -0.895. The number of rotatable bonds is 9. The quantitative estimate of drug-likeness (QED) is 0.0467. The Morgan fingerprint density at radius 2 is 0.577 bits per heavy atom. The van der Waals surface area contributed by atoms with Gasteiger partial charge in [-0.25, -0.2) is 9.97 Å². The van der Waals surface area contributed by atoms with E-state index in [1.807, 2.05) is 109 Å². The van der Waals surface area contributed by atoms with Crippen molar-refractivity contribution in [3.8, 4) is 52.9 Å². The number of benzene rings is 13. The lowest BCUT2D eigenvalue weighted by atomic mass is 9.08. The first-order valence-electron chi connectivity index (χ1n) is 36.5. The fourth-order valence-electron chi connectivity index (χ4n) is 14.9. The topological polar surface area (TPSA) is 165 Å². The maximum absolute atomic E-state index is 12.1. The highest BCUT2D eigenvalue weighted by Crippen LogP contribution is 3.21. The highest BCUT2D eigenvalue weighted by Gasteiger charge is 2.34. The second-order valence-corrected chi connectivity index (χ2v) is 88.5. The third-order valence-electron chi connectivity index (χ3n) is 19.8. The third-order valence-corrected chi connectivity index (χ3v) is 103. The van der Waals surface area contributed by atoms with Crippen LogP contribution in [0.2, 0.25) is 0 Å². The van der Waals surface area contributed by atoms with E-state index >= 15 is 0 Å². The molecule has 0 saturated heterocycles. The Kier molecular flexibility index (Phi) is 31.2. The van der Waals surface area contributed by atoms with E-state index in [0.717, 1.165) is 202 Å². The molecule has 0 aliphatic heterocycles. The van der Waals surface area contributed by atoms with Crippen molar-refractivity contribution >= 4 is 418 Å². The highest BCUT2D eigenvalue weighted by atomic mass is 79.9. The molecule has 7 aromatic heterocycles. The van der Waals surface area contributed by atoms with Crippen molar-refractivity contribution in [1.82, 2.24) is 9.97 Å². The van der Waals surface area contributed by atoms with Crippen LogP contribution in [0.4, 0.5) is 11.4 Å². The van der Waals surface area contributed by atoms with Gasteiger partial charge in [-0.3, -0.25) is 9.59 Å². The second-order valence-electron chi connectivity index (χ2n) is 27.4. The monoisotopic (exact) mass is 2210 g/mol. The van der Waals surface area contributed by atoms with Crippen LogP contribution in [0.3, 0.4) is 0 Å². The van der Waals surface area contributed by atoms with Gasteiger partial charge < -0.3 is 29.1 Å². The molecule has 6 radical (unpaired) electrons. The van der Waals surface area contributed by atoms with E-state index in [1.54, 1.807) is 34.8 Å². The van der Waals surface area contributed by atoms with Crippen molar-refractivity contribution in [2.24, 2.45) is 0 Å². The van der Waals surface area contributed by atoms with Crippen LogP contribution in [0.1, 0.15) is 28.1 Å². The van der Waals surface area contributed by atoms with Gasteiger partial charge in [-0.2, -0.15) is 0 Å². The van der Waals surface area contributed by atoms with Crippen LogP contribution < -0.4 is 11.5 Å². The second kappa shape index (κ2) is 40.8. The molecule has 20 aromatic rings. The Morgan fingerprint density at radius 3 is 0.870 bits per heavy atom. The molecule has 123 heavy (non-hydrogen) atoms. The summed E-state index contributed by atoms with van der Waals surface area (Å²) >= 11 is 31.8. The predicted octanol–water partition coefficient (Wildman–Crippen LogP) is 35.0. The molecule has 0 saturated carbocycles. The molecule has 8 atom stereocenters. The minimum atomic E-state index is -0.750. The van der Waals surface area contributed by atoms with Gasteiger partial charge in [0.15, 0.2) is 4.30 Å². The highest BCUT2D eigenvalue weighted by molar-refractivity contribution is 9.27. The number of halogens is 7. The molecule has 1 aliphatic carbocycles. The number of alkyl halides is 3. The number of furan rings is 4. The van der Waals surface area contributed by atoms with Gasteiger partial charge in [-0.1, -0.05) is 252 Å². The average molecular weight is 2220 g/mol. The number of nitrogens with zero attached hydrogens (tertiary/aromatic N) is 2. The molecule has 21 rings (SSSR count). The molecule has 608 valence electrons. The Labute approximate surface area is 794 Å². The fourth-order valence-corrected chi connectivity index (χ4v) is 166. The predicted molar refractivity (Wildman–Crippen MR) is 596 cm³/mol. The summed E-state index contributed by atoms with van der Waals surface area (Å²) in [6.07, 6.45) is -0.667. The van der Waals surface area contributed by atoms with E-state index in [9.17, 15) is 9.59 Å². The van der Waals surface area contributed by atoms with Crippen molar-refractivity contribution < 1.29 is 27.3 Å². The summed E-state index contributed by atoms with van der Waals surface area (Å²) in [5.41, 5.74) is 30.9. The molecule has 0 amide bonds. The van der Waals surface area contributed by atoms with E-state index in [-0.39, 0.29) is 49.4 Å². The number of carbonyl (C=O) groups excluding carboxylic acids is 2. The first-order valence-corrected chi connectivity index (χ1v) is 67.2. The van der Waals surface area contributed by atoms with Gasteiger partial charge in [0.25, 0.3) is 0 Å². The van der Waals surface area contributed by atoms with Crippen molar-refractivity contribution in [3.63, 3.8) is 0 Å². The number of thiophene rings is 2. The van der Waals surface area contributed by atoms with E-state index < -0.39 is 22.2 Å². The molecule has 10 nitrogen and oxygen atoms in total. The van der Waals surface area contributed by atoms with E-state index in [1.165, 1.54) is 0 Å². The number of Topliss-reactive ketones (excluding diaryl/α,β-unsaturated/α-hetero) is 2. The summed E-state index contributed by atoms with van der Waals surface area (Å²) in [6, 6.07) is 81.3. The number of ketones is 2. The van der Waals surface area contributed by atoms with Gasteiger partial charge in [0.1, 0.15) is 55.7 Å². The largest absolute Gasteiger partial charge is 0.455 e. The number of nitrogen functional groups attached to an aromatic ring is 2. The number of carbonyl (C=O) groups is 2. The summed E-state index contributed by atoms with van der Waals surface area (Å²) < 4.78 is 28.5. The van der Waals surface area contributed by atoms with Crippen LogP contribution in [0.15, 0.2) is 278 Å². The van der Waals surface area contributed by atoms with Gasteiger partial charge in [0, 0.05) is 135 Å². The van der Waals surface area contributed by atoms with E-state index in [2.05, 4.69) is 280 Å². The van der Waals surface area contributed by atoms with Crippen molar-refractivity contribution in [3.05, 3.63) is 272 Å². The number of para-hydroxylation sites is 8. The van der Waals surface area contributed by atoms with E-state index in [0.29, 0.717) is 22.5 Å². The van der Waals surface area contributed by atoms with Crippen LogP contribution in [0.5, 0.6) is 0 Å². The Hall–Kier alpha value is -3.41. The summed E-state index contributed by atoms with van der Waals surface area (Å²) in [4.78, 5) is 39.1. The number of fused-ring (bicyclic) bond motifs is 22. The number of anilines is 2. The van der Waals surface area contributed by atoms with E-state index in [4.69, 9.17) is 73.9 Å². The maximum Gasteiger partial charge on any atom is 0.234 e. The minimum absolute atomic E-state index is 0. The molecule has 8 unspecified atom stereocenters. The molecule has 7 heterocycles. The van der Waals surface area contributed by atoms with Crippen LogP contribution in [-0.4, -0.2) is 55.4 Å². The molecular weight excluding hydrogens is 2150 g/mol. The molecule has 37 heteroatoms. The minimum Gasteiger partial charge on any atom is -0.455 e. The summed E-state index contributed by atoms with van der Waals surface area (Å²) in [6.45, 7) is 0.741. The number of hydrogen-bond acceptors (Lipinski definition) is 12. The molecule has 1 aliphatic rings. The SMILES string of the molecule is Brc1ccc2c3ccc(Br)cc3c3nc4c(-c5cccc6c5oc5ccccc56)sc(-c5cccc6c5oc5ccccc56)c4nc3c2c1.C.ClC(Cl)Cl.Nc1c(-c2cccc3c2oc2ccccc23)sc(-c2cccc3c2oc2ccccc23)c1N.O=C1C(=O)c2cc(Br)ccc2-c2ccc(Br)cc21.PP(P)P(P(P)P)P(P(P)P)P(P)P.[B]B([B])[B]. The summed E-state index contributed by atoms with van der Waals surface area (Å²) in [5, 5.41) is 13.0. The molecule has 0 spiro atoms. The van der Waals surface area contributed by atoms with Crippen LogP contribution >= 0.6 is 235 Å². The lowest BCUT2D eigenvalue weighted by Crippen LogP contribution is -2.21. The molecule has 4 N–H and O–H groups in total. The Balaban J connectivity index is 0.000000136. The van der Waals surface area contributed by atoms with Crippen molar-refractivity contribution in [2.45, 2.75) is 11.7 Å².